The fourth-order valence-corrected chi connectivity index (χ4v) is 3.30. The summed E-state index contributed by atoms with van der Waals surface area (Å²) in [7, 11) is 0. The zero-order valence-corrected chi connectivity index (χ0v) is 16.9. The molecule has 0 bridgehead atoms. The van der Waals surface area contributed by atoms with E-state index in [1.54, 1.807) is 29.8 Å². The molecule has 2 N–H and O–H groups in total. The highest BCUT2D eigenvalue weighted by molar-refractivity contribution is 7.13. The highest BCUT2D eigenvalue weighted by Crippen LogP contribution is 2.32. The van der Waals surface area contributed by atoms with E-state index in [1.807, 2.05) is 26.0 Å². The molecule has 0 unspecified atom stereocenters. The molecule has 0 radical (unpaired) electrons. The number of halogens is 1. The lowest BCUT2D eigenvalue weighted by Crippen LogP contribution is -2.16. The van der Waals surface area contributed by atoms with Crippen molar-refractivity contribution in [1.29, 1.82) is 0 Å². The quantitative estimate of drug-likeness (QED) is 0.593. The van der Waals surface area contributed by atoms with E-state index in [4.69, 9.17) is 16.3 Å². The normalized spacial score (nSPS) is 10.4. The smallest absolute Gasteiger partial charge is 0.261 e. The van der Waals surface area contributed by atoms with Gasteiger partial charge in [0.1, 0.15) is 5.75 Å². The predicted octanol–water partition coefficient (Wildman–Crippen LogP) is 5.01. The summed E-state index contributed by atoms with van der Waals surface area (Å²) in [5.41, 5.74) is 2.02. The molecule has 3 rings (SSSR count). The van der Waals surface area contributed by atoms with Crippen LogP contribution in [0.5, 0.6) is 5.75 Å². The fourth-order valence-electron chi connectivity index (χ4n) is 2.57. The van der Waals surface area contributed by atoms with Gasteiger partial charge in [0.2, 0.25) is 0 Å². The zero-order valence-electron chi connectivity index (χ0n) is 15.3. The van der Waals surface area contributed by atoms with E-state index in [1.165, 1.54) is 17.4 Å². The van der Waals surface area contributed by atoms with Crippen molar-refractivity contribution in [2.24, 2.45) is 0 Å². The molecular formula is C20H18ClN3O3S. The second-order valence-corrected chi connectivity index (χ2v) is 7.12. The summed E-state index contributed by atoms with van der Waals surface area (Å²) in [5.74, 6) is -0.361. The number of ether oxygens (including phenoxy) is 1. The van der Waals surface area contributed by atoms with Crippen LogP contribution in [0, 0.1) is 6.92 Å². The molecule has 3 aromatic rings. The maximum atomic E-state index is 12.6. The van der Waals surface area contributed by atoms with Crippen LogP contribution in [0.25, 0.3) is 0 Å². The van der Waals surface area contributed by atoms with Crippen molar-refractivity contribution in [1.82, 2.24) is 4.98 Å². The number of benzene rings is 2. The average Bonchev–Trinajstić information content (AvgIpc) is 3.17. The monoisotopic (exact) mass is 415 g/mol. The molecule has 28 heavy (non-hydrogen) atoms. The number of nitrogens with one attached hydrogen (secondary N) is 2. The summed E-state index contributed by atoms with van der Waals surface area (Å²) in [6.45, 7) is 4.02. The summed E-state index contributed by atoms with van der Waals surface area (Å²) in [6.07, 6.45) is 1.60. The Balaban J connectivity index is 1.89. The third-order valence-corrected chi connectivity index (χ3v) is 4.91. The summed E-state index contributed by atoms with van der Waals surface area (Å²) in [4.78, 5) is 29.2. The van der Waals surface area contributed by atoms with Gasteiger partial charge in [-0.15, -0.1) is 11.3 Å². The average molecular weight is 416 g/mol. The molecule has 0 aliphatic heterocycles. The van der Waals surface area contributed by atoms with E-state index < -0.39 is 5.91 Å². The number of hydrogen-bond acceptors (Lipinski definition) is 5. The first kappa shape index (κ1) is 19.9. The van der Waals surface area contributed by atoms with Crippen LogP contribution in [0.15, 0.2) is 48.0 Å². The topological polar surface area (TPSA) is 80.3 Å². The van der Waals surface area contributed by atoms with Crippen LogP contribution >= 0.6 is 22.9 Å². The Hall–Kier alpha value is -2.90. The molecule has 0 spiro atoms. The van der Waals surface area contributed by atoms with Crippen LogP contribution in [0.1, 0.15) is 33.2 Å². The molecule has 144 valence electrons. The maximum Gasteiger partial charge on any atom is 0.261 e. The largest absolute Gasteiger partial charge is 0.493 e. The zero-order chi connectivity index (χ0) is 20.1. The Morgan fingerprint density at radius 3 is 2.57 bits per heavy atom. The van der Waals surface area contributed by atoms with E-state index in [2.05, 4.69) is 15.6 Å². The van der Waals surface area contributed by atoms with E-state index in [9.17, 15) is 9.59 Å². The molecule has 0 aliphatic carbocycles. The molecule has 1 aromatic heterocycles. The summed E-state index contributed by atoms with van der Waals surface area (Å²) >= 11 is 7.64. The summed E-state index contributed by atoms with van der Waals surface area (Å²) in [6, 6.07) is 10.3. The third kappa shape index (κ3) is 4.49. The minimum atomic E-state index is -0.392. The lowest BCUT2D eigenvalue weighted by atomic mass is 10.1. The number of anilines is 2. The van der Waals surface area contributed by atoms with Crippen LogP contribution in [0.4, 0.5) is 10.8 Å². The number of nitrogens with zero attached hydrogens (tertiary/aromatic N) is 1. The lowest BCUT2D eigenvalue weighted by Gasteiger charge is -2.14. The highest BCUT2D eigenvalue weighted by Gasteiger charge is 2.19. The van der Waals surface area contributed by atoms with Crippen molar-refractivity contribution in [3.63, 3.8) is 0 Å². The molecule has 2 amide bonds. The number of aryl methyl sites for hydroxylation is 1. The van der Waals surface area contributed by atoms with Gasteiger partial charge in [-0.1, -0.05) is 29.8 Å². The Kier molecular flexibility index (Phi) is 6.28. The first-order valence-electron chi connectivity index (χ1n) is 8.53. The molecular weight excluding hydrogens is 398 g/mol. The first-order valence-corrected chi connectivity index (χ1v) is 9.79. The second-order valence-electron chi connectivity index (χ2n) is 5.82. The lowest BCUT2D eigenvalue weighted by molar-refractivity contribution is 0.101. The second kappa shape index (κ2) is 8.86. The van der Waals surface area contributed by atoms with Gasteiger partial charge in [-0.2, -0.15) is 0 Å². The van der Waals surface area contributed by atoms with Crippen LogP contribution in [-0.4, -0.2) is 23.4 Å². The fraction of sp³-hybridized carbons (Fsp3) is 0.150. The number of hydrogen-bond donors (Lipinski definition) is 2. The number of aromatic nitrogens is 1. The van der Waals surface area contributed by atoms with Crippen LogP contribution < -0.4 is 15.4 Å². The molecule has 0 fully saturated rings. The number of amides is 2. The standard InChI is InChI=1S/C20H18ClN3O3S/c1-3-27-17-11-16(23-18(25)13-7-5-4-6-12(13)2)15(21)10-14(17)19(26)24-20-22-8-9-28-20/h4-11H,3H2,1-2H3,(H,23,25)(H,22,24,26). The third-order valence-electron chi connectivity index (χ3n) is 3.90. The van der Waals surface area contributed by atoms with Crippen LogP contribution in [0.3, 0.4) is 0 Å². The van der Waals surface area contributed by atoms with Gasteiger partial charge < -0.3 is 10.1 Å². The van der Waals surface area contributed by atoms with E-state index in [0.717, 1.165) is 5.56 Å². The van der Waals surface area contributed by atoms with E-state index in [-0.39, 0.29) is 16.5 Å². The van der Waals surface area contributed by atoms with Gasteiger partial charge in [0, 0.05) is 23.2 Å². The summed E-state index contributed by atoms with van der Waals surface area (Å²) < 4.78 is 5.60. The molecule has 0 saturated heterocycles. The number of rotatable bonds is 6. The molecule has 0 saturated carbocycles. The van der Waals surface area contributed by atoms with Gasteiger partial charge >= 0.3 is 0 Å². The van der Waals surface area contributed by atoms with Crippen molar-refractivity contribution in [3.05, 3.63) is 69.7 Å². The van der Waals surface area contributed by atoms with Crippen molar-refractivity contribution in [2.45, 2.75) is 13.8 Å². The van der Waals surface area contributed by atoms with Gasteiger partial charge in [0.25, 0.3) is 11.8 Å². The molecule has 0 aliphatic rings. The Morgan fingerprint density at radius 1 is 1.14 bits per heavy atom. The maximum absolute atomic E-state index is 12.6. The molecule has 6 nitrogen and oxygen atoms in total. The number of thiazole rings is 1. The van der Waals surface area contributed by atoms with E-state index in [0.29, 0.717) is 28.7 Å². The van der Waals surface area contributed by atoms with Gasteiger partial charge in [-0.05, 0) is 31.5 Å². The van der Waals surface area contributed by atoms with Crippen LogP contribution in [-0.2, 0) is 0 Å². The Morgan fingerprint density at radius 2 is 1.89 bits per heavy atom. The number of carbonyl (C=O) groups is 2. The van der Waals surface area contributed by atoms with Crippen molar-refractivity contribution in [3.8, 4) is 5.75 Å². The highest BCUT2D eigenvalue weighted by atomic mass is 35.5. The molecule has 8 heteroatoms. The molecule has 1 heterocycles. The van der Waals surface area contributed by atoms with Gasteiger partial charge in [0.05, 0.1) is 22.9 Å². The van der Waals surface area contributed by atoms with Gasteiger partial charge in [-0.25, -0.2) is 4.98 Å². The molecule has 2 aromatic carbocycles. The summed E-state index contributed by atoms with van der Waals surface area (Å²) in [5, 5.41) is 7.95. The predicted molar refractivity (Wildman–Crippen MR) is 112 cm³/mol. The van der Waals surface area contributed by atoms with Crippen molar-refractivity contribution < 1.29 is 14.3 Å². The Bertz CT molecular complexity index is 1010. The molecule has 0 atom stereocenters. The van der Waals surface area contributed by atoms with E-state index >= 15 is 0 Å². The van der Waals surface area contributed by atoms with Gasteiger partial charge in [0.15, 0.2) is 5.13 Å². The SMILES string of the molecule is CCOc1cc(NC(=O)c2ccccc2C)c(Cl)cc1C(=O)Nc1nccs1. The van der Waals surface area contributed by atoms with Crippen molar-refractivity contribution in [2.75, 3.05) is 17.2 Å². The van der Waals surface area contributed by atoms with Gasteiger partial charge in [-0.3, -0.25) is 14.9 Å². The minimum absolute atomic E-state index is 0.231. The Labute approximate surface area is 171 Å². The minimum Gasteiger partial charge on any atom is -0.493 e. The van der Waals surface area contributed by atoms with Crippen molar-refractivity contribution >= 4 is 45.6 Å². The van der Waals surface area contributed by atoms with Crippen LogP contribution in [0.2, 0.25) is 5.02 Å². The first-order chi connectivity index (χ1) is 13.5. The number of carbonyl (C=O) groups excluding carboxylic acids is 2.